The van der Waals surface area contributed by atoms with Crippen LogP contribution in [0.1, 0.15) is 10.6 Å². The molecule has 3 heterocycles. The molecule has 1 N–H and O–H groups in total. The van der Waals surface area contributed by atoms with Gasteiger partial charge in [-0.3, -0.25) is 19.7 Å². The lowest BCUT2D eigenvalue weighted by Crippen LogP contribution is -2.48. The molecule has 0 atom stereocenters. The van der Waals surface area contributed by atoms with Crippen molar-refractivity contribution >= 4 is 45.9 Å². The smallest absolute Gasteiger partial charge is 0.395 e. The van der Waals surface area contributed by atoms with E-state index in [-0.39, 0.29) is 23.3 Å². The lowest BCUT2D eigenvalue weighted by atomic mass is 10.3. The van der Waals surface area contributed by atoms with E-state index in [0.717, 1.165) is 5.13 Å². The Kier molecular flexibility index (Phi) is 5.91. The van der Waals surface area contributed by atoms with Gasteiger partial charge in [-0.1, -0.05) is 23.1 Å². The molecule has 2 aromatic rings. The molecule has 0 unspecified atom stereocenters. The number of nitrogens with one attached hydrogen (secondary N) is 1. The maximum absolute atomic E-state index is 12.4. The summed E-state index contributed by atoms with van der Waals surface area (Å²) in [6, 6.07) is 2.48. The van der Waals surface area contributed by atoms with E-state index >= 15 is 0 Å². The average molecular weight is 412 g/mol. The zero-order valence-electron chi connectivity index (χ0n) is 14.3. The first-order valence-electron chi connectivity index (χ1n) is 7.93. The number of nitrogens with zero attached hydrogens (tertiary/aromatic N) is 5. The number of carbonyl (C=O) groups excluding carboxylic acids is 2. The summed E-state index contributed by atoms with van der Waals surface area (Å²) in [4.78, 5) is 37.2. The van der Waals surface area contributed by atoms with Gasteiger partial charge in [0.15, 0.2) is 10.1 Å². The van der Waals surface area contributed by atoms with E-state index in [1.54, 1.807) is 11.9 Å². The molecule has 0 bridgehead atoms. The number of carbonyl (C=O) groups is 2. The van der Waals surface area contributed by atoms with Crippen molar-refractivity contribution in [1.29, 1.82) is 0 Å². The Morgan fingerprint density at radius 3 is 2.70 bits per heavy atom. The average Bonchev–Trinajstić information content (AvgIpc) is 3.35. The predicted molar refractivity (Wildman–Crippen MR) is 98.2 cm³/mol. The quantitative estimate of drug-likeness (QED) is 0.416. The lowest BCUT2D eigenvalue weighted by Gasteiger charge is -2.33. The minimum atomic E-state index is -0.677. The summed E-state index contributed by atoms with van der Waals surface area (Å²) in [7, 11) is 1.58. The summed E-state index contributed by atoms with van der Waals surface area (Å²) in [6.45, 7) is 1.99. The van der Waals surface area contributed by atoms with E-state index < -0.39 is 10.8 Å². The van der Waals surface area contributed by atoms with Crippen molar-refractivity contribution < 1.29 is 18.9 Å². The Hall–Kier alpha value is -2.67. The topological polar surface area (TPSA) is 135 Å². The molecule has 0 saturated carbocycles. The van der Waals surface area contributed by atoms with Gasteiger partial charge >= 0.3 is 5.88 Å². The molecular weight excluding hydrogens is 396 g/mol. The Morgan fingerprint density at radius 1 is 1.33 bits per heavy atom. The van der Waals surface area contributed by atoms with Gasteiger partial charge in [-0.15, -0.1) is 10.2 Å². The molecule has 0 spiro atoms. The third-order valence-electron chi connectivity index (χ3n) is 3.82. The number of amides is 2. The molecule has 1 saturated heterocycles. The fourth-order valence-corrected chi connectivity index (χ4v) is 4.15. The number of furan rings is 1. The number of aromatic nitrogens is 2. The summed E-state index contributed by atoms with van der Waals surface area (Å²) >= 11 is 2.71. The number of hydrogen-bond donors (Lipinski definition) is 1. The first kappa shape index (κ1) is 19.1. The van der Waals surface area contributed by atoms with Crippen LogP contribution in [0.3, 0.4) is 0 Å². The van der Waals surface area contributed by atoms with Crippen LogP contribution in [0.15, 0.2) is 20.9 Å². The van der Waals surface area contributed by atoms with E-state index in [9.17, 15) is 19.7 Å². The van der Waals surface area contributed by atoms with E-state index in [0.29, 0.717) is 30.5 Å². The van der Waals surface area contributed by atoms with Gasteiger partial charge in [0.2, 0.25) is 11.0 Å². The van der Waals surface area contributed by atoms with Crippen LogP contribution in [-0.2, 0) is 4.79 Å². The summed E-state index contributed by atoms with van der Waals surface area (Å²) in [5, 5.41) is 22.1. The first-order valence-corrected chi connectivity index (χ1v) is 9.73. The van der Waals surface area contributed by atoms with Crippen molar-refractivity contribution in [3.05, 3.63) is 28.0 Å². The standard InChI is InChI=1S/C14H16N6O5S2/c1-15-10(21)8-26-14-17-16-13(27-14)19-6-4-18(5-7-19)12(22)9-2-3-11(25-9)20(23)24/h2-3H,4-8H2,1H3,(H,15,21). The van der Waals surface area contributed by atoms with Gasteiger partial charge < -0.3 is 19.5 Å². The second-order valence-electron chi connectivity index (χ2n) is 5.49. The van der Waals surface area contributed by atoms with Crippen LogP contribution < -0.4 is 10.2 Å². The summed E-state index contributed by atoms with van der Waals surface area (Å²) < 4.78 is 5.67. The van der Waals surface area contributed by atoms with Crippen LogP contribution in [0.2, 0.25) is 0 Å². The predicted octanol–water partition coefficient (Wildman–Crippen LogP) is 0.840. The maximum atomic E-state index is 12.4. The molecule has 13 heteroatoms. The number of rotatable bonds is 6. The second kappa shape index (κ2) is 8.35. The minimum absolute atomic E-state index is 0.0426. The lowest BCUT2D eigenvalue weighted by molar-refractivity contribution is -0.402. The summed E-state index contributed by atoms with van der Waals surface area (Å²) in [5.74, 6) is -0.668. The van der Waals surface area contributed by atoms with Gasteiger partial charge in [0, 0.05) is 33.2 Å². The van der Waals surface area contributed by atoms with Gasteiger partial charge in [-0.25, -0.2) is 0 Å². The van der Waals surface area contributed by atoms with Gasteiger partial charge in [-0.05, 0) is 6.07 Å². The van der Waals surface area contributed by atoms with E-state index in [1.165, 1.54) is 35.2 Å². The molecular formula is C14H16N6O5S2. The Bertz CT molecular complexity index is 845. The Balaban J connectivity index is 1.54. The van der Waals surface area contributed by atoms with Crippen molar-refractivity contribution in [2.75, 3.05) is 43.9 Å². The monoisotopic (exact) mass is 412 g/mol. The van der Waals surface area contributed by atoms with Crippen molar-refractivity contribution in [2.24, 2.45) is 0 Å². The zero-order valence-corrected chi connectivity index (χ0v) is 15.9. The maximum Gasteiger partial charge on any atom is 0.433 e. The van der Waals surface area contributed by atoms with Gasteiger partial charge in [0.1, 0.15) is 4.92 Å². The highest BCUT2D eigenvalue weighted by atomic mass is 32.2. The minimum Gasteiger partial charge on any atom is -0.395 e. The number of piperazine rings is 1. The molecule has 1 aliphatic rings. The van der Waals surface area contributed by atoms with Gasteiger partial charge in [0.05, 0.1) is 11.8 Å². The van der Waals surface area contributed by atoms with Gasteiger partial charge in [-0.2, -0.15) is 0 Å². The van der Waals surface area contributed by atoms with E-state index in [4.69, 9.17) is 4.42 Å². The first-order chi connectivity index (χ1) is 13.0. The van der Waals surface area contributed by atoms with Crippen LogP contribution in [0.25, 0.3) is 0 Å². The fraction of sp³-hybridized carbons (Fsp3) is 0.429. The molecule has 1 fully saturated rings. The van der Waals surface area contributed by atoms with Crippen LogP contribution in [0.4, 0.5) is 11.0 Å². The molecule has 2 aromatic heterocycles. The number of thioether (sulfide) groups is 1. The molecule has 11 nitrogen and oxygen atoms in total. The highest BCUT2D eigenvalue weighted by Gasteiger charge is 2.27. The van der Waals surface area contributed by atoms with E-state index in [1.807, 2.05) is 4.90 Å². The fourth-order valence-electron chi connectivity index (χ4n) is 2.39. The molecule has 0 aliphatic carbocycles. The molecule has 2 amide bonds. The zero-order chi connectivity index (χ0) is 19.4. The largest absolute Gasteiger partial charge is 0.433 e. The highest BCUT2D eigenvalue weighted by molar-refractivity contribution is 8.01. The summed E-state index contributed by atoms with van der Waals surface area (Å²) in [5.41, 5.74) is 0. The Labute approximate surface area is 161 Å². The normalized spacial score (nSPS) is 14.3. The van der Waals surface area contributed by atoms with Crippen LogP contribution in [0.5, 0.6) is 0 Å². The van der Waals surface area contributed by atoms with Crippen molar-refractivity contribution in [3.8, 4) is 0 Å². The Morgan fingerprint density at radius 2 is 2.07 bits per heavy atom. The molecule has 0 aromatic carbocycles. The second-order valence-corrected chi connectivity index (χ2v) is 7.67. The van der Waals surface area contributed by atoms with Crippen molar-refractivity contribution in [3.63, 3.8) is 0 Å². The number of nitro groups is 1. The SMILES string of the molecule is CNC(=O)CSc1nnc(N2CCN(C(=O)c3ccc([N+](=O)[O-])o3)CC2)s1. The molecule has 144 valence electrons. The molecule has 1 aliphatic heterocycles. The van der Waals surface area contributed by atoms with Crippen molar-refractivity contribution in [2.45, 2.75) is 4.34 Å². The number of anilines is 1. The highest BCUT2D eigenvalue weighted by Crippen LogP contribution is 2.28. The number of hydrogen-bond acceptors (Lipinski definition) is 10. The van der Waals surface area contributed by atoms with Crippen LogP contribution >= 0.6 is 23.1 Å². The molecule has 3 rings (SSSR count). The van der Waals surface area contributed by atoms with Crippen LogP contribution in [0, 0.1) is 10.1 Å². The summed E-state index contributed by atoms with van der Waals surface area (Å²) in [6.07, 6.45) is 0. The third-order valence-corrected chi connectivity index (χ3v) is 5.94. The van der Waals surface area contributed by atoms with Gasteiger partial charge in [0.25, 0.3) is 5.91 Å². The van der Waals surface area contributed by atoms with Crippen molar-refractivity contribution in [1.82, 2.24) is 20.4 Å². The molecule has 27 heavy (non-hydrogen) atoms. The van der Waals surface area contributed by atoms with E-state index in [2.05, 4.69) is 15.5 Å². The van der Waals surface area contributed by atoms with Crippen LogP contribution in [-0.4, -0.2) is 70.8 Å². The molecule has 0 radical (unpaired) electrons. The third kappa shape index (κ3) is 4.54.